The molecule has 0 aromatic rings. The fraction of sp³-hybridized carbons (Fsp3) is 0.769. The number of nitrogens with one attached hydrogen (secondary N) is 1. The summed E-state index contributed by atoms with van der Waals surface area (Å²) in [6.45, 7) is 4.00. The smallest absolute Gasteiger partial charge is 0.326 e. The lowest BCUT2D eigenvalue weighted by molar-refractivity contribution is -0.150. The van der Waals surface area contributed by atoms with Gasteiger partial charge in [-0.3, -0.25) is 9.59 Å². The summed E-state index contributed by atoms with van der Waals surface area (Å²) in [6, 6.07) is -1.12. The van der Waals surface area contributed by atoms with Crippen LogP contribution in [0.15, 0.2) is 0 Å². The number of carboxylic acid groups (broad SMARTS) is 1. The summed E-state index contributed by atoms with van der Waals surface area (Å²) >= 11 is 0. The van der Waals surface area contributed by atoms with Crippen molar-refractivity contribution in [3.63, 3.8) is 0 Å². The lowest BCUT2D eigenvalue weighted by atomic mass is 10.0. The second kappa shape index (κ2) is 7.84. The maximum absolute atomic E-state index is 11.8. The Balaban J connectivity index is 2.53. The van der Waals surface area contributed by atoms with Crippen molar-refractivity contribution in [1.82, 2.24) is 5.32 Å². The van der Waals surface area contributed by atoms with Gasteiger partial charge in [-0.1, -0.05) is 6.92 Å². The summed E-state index contributed by atoms with van der Waals surface area (Å²) in [6.07, 6.45) is 0.780. The van der Waals surface area contributed by atoms with E-state index in [0.29, 0.717) is 13.0 Å². The molecule has 1 fully saturated rings. The van der Waals surface area contributed by atoms with Crippen LogP contribution in [0.3, 0.4) is 0 Å². The zero-order valence-corrected chi connectivity index (χ0v) is 11.8. The van der Waals surface area contributed by atoms with Gasteiger partial charge in [0.1, 0.15) is 12.1 Å². The van der Waals surface area contributed by atoms with Gasteiger partial charge in [-0.05, 0) is 26.2 Å². The lowest BCUT2D eigenvalue weighted by Gasteiger charge is -2.19. The zero-order valence-electron chi connectivity index (χ0n) is 11.8. The van der Waals surface area contributed by atoms with Crippen molar-refractivity contribution in [2.24, 2.45) is 5.92 Å². The largest absolute Gasteiger partial charge is 0.480 e. The zero-order chi connectivity index (χ0) is 15.1. The molecule has 0 spiro atoms. The number of aliphatic carboxylic acids is 1. The van der Waals surface area contributed by atoms with Crippen LogP contribution < -0.4 is 5.32 Å². The van der Waals surface area contributed by atoms with E-state index in [9.17, 15) is 14.4 Å². The molecule has 0 unspecified atom stereocenters. The van der Waals surface area contributed by atoms with E-state index < -0.39 is 35.9 Å². The number of rotatable bonds is 7. The molecule has 1 aliphatic rings. The fourth-order valence-electron chi connectivity index (χ4n) is 2.00. The van der Waals surface area contributed by atoms with E-state index in [1.54, 1.807) is 13.8 Å². The standard InChI is InChI=1S/C13H21NO6/c1-3-19-13(18)8(2)7-9(12(16)17)14-11(15)10-5-4-6-20-10/h8-10H,3-7H2,1-2H3,(H,14,15)(H,16,17)/t8-,9-,10+/m1/s1. The second-order valence-electron chi connectivity index (χ2n) is 4.79. The van der Waals surface area contributed by atoms with E-state index in [1.807, 2.05) is 0 Å². The van der Waals surface area contributed by atoms with Gasteiger partial charge >= 0.3 is 11.9 Å². The molecule has 20 heavy (non-hydrogen) atoms. The Morgan fingerprint density at radius 1 is 1.45 bits per heavy atom. The van der Waals surface area contributed by atoms with Crippen molar-refractivity contribution < 1.29 is 29.0 Å². The second-order valence-corrected chi connectivity index (χ2v) is 4.79. The monoisotopic (exact) mass is 287 g/mol. The highest BCUT2D eigenvalue weighted by atomic mass is 16.5. The van der Waals surface area contributed by atoms with E-state index in [-0.39, 0.29) is 13.0 Å². The highest BCUT2D eigenvalue weighted by Crippen LogP contribution is 2.14. The lowest BCUT2D eigenvalue weighted by Crippen LogP contribution is -2.46. The number of carbonyl (C=O) groups is 3. The SMILES string of the molecule is CCOC(=O)[C@H](C)C[C@@H](NC(=O)[C@@H]1CCCO1)C(=O)O. The molecule has 2 N–H and O–H groups in total. The average molecular weight is 287 g/mol. The number of carboxylic acids is 1. The molecule has 0 bridgehead atoms. The van der Waals surface area contributed by atoms with E-state index in [2.05, 4.69) is 5.32 Å². The van der Waals surface area contributed by atoms with Crippen molar-refractivity contribution >= 4 is 17.8 Å². The third-order valence-electron chi connectivity index (χ3n) is 3.11. The van der Waals surface area contributed by atoms with Crippen LogP contribution in [0, 0.1) is 5.92 Å². The fourth-order valence-corrected chi connectivity index (χ4v) is 2.00. The molecule has 1 amide bonds. The van der Waals surface area contributed by atoms with E-state index in [1.165, 1.54) is 0 Å². The summed E-state index contributed by atoms with van der Waals surface area (Å²) in [4.78, 5) is 34.5. The predicted octanol–water partition coefficient (Wildman–Crippen LogP) is 0.324. The summed E-state index contributed by atoms with van der Waals surface area (Å²) in [5, 5.41) is 11.5. The molecule has 7 nitrogen and oxygen atoms in total. The number of esters is 1. The van der Waals surface area contributed by atoms with Crippen LogP contribution in [0.25, 0.3) is 0 Å². The Bertz CT molecular complexity index is 364. The van der Waals surface area contributed by atoms with Gasteiger partial charge in [0, 0.05) is 6.61 Å². The first kappa shape index (κ1) is 16.4. The van der Waals surface area contributed by atoms with Crippen LogP contribution in [0.2, 0.25) is 0 Å². The first-order valence-corrected chi connectivity index (χ1v) is 6.77. The molecule has 1 aliphatic heterocycles. The molecule has 0 saturated carbocycles. The van der Waals surface area contributed by atoms with Crippen molar-refractivity contribution in [2.45, 2.75) is 45.3 Å². The Labute approximate surface area is 117 Å². The van der Waals surface area contributed by atoms with Gasteiger partial charge in [-0.15, -0.1) is 0 Å². The molecule has 0 aliphatic carbocycles. The number of hydrogen-bond acceptors (Lipinski definition) is 5. The van der Waals surface area contributed by atoms with Gasteiger partial charge < -0.3 is 19.9 Å². The topological polar surface area (TPSA) is 102 Å². The third-order valence-corrected chi connectivity index (χ3v) is 3.11. The molecule has 0 radical (unpaired) electrons. The average Bonchev–Trinajstić information content (AvgIpc) is 2.91. The molecule has 1 rings (SSSR count). The molecule has 1 heterocycles. The van der Waals surface area contributed by atoms with Crippen molar-refractivity contribution in [3.05, 3.63) is 0 Å². The number of ether oxygens (including phenoxy) is 2. The molecule has 0 aromatic heterocycles. The summed E-state index contributed by atoms with van der Waals surface area (Å²) in [5.41, 5.74) is 0. The highest BCUT2D eigenvalue weighted by molar-refractivity contribution is 5.86. The summed E-state index contributed by atoms with van der Waals surface area (Å²) < 4.78 is 10.0. The van der Waals surface area contributed by atoms with Gasteiger partial charge in [0.2, 0.25) is 5.91 Å². The quantitative estimate of drug-likeness (QED) is 0.654. The van der Waals surface area contributed by atoms with Gasteiger partial charge in [0.05, 0.1) is 12.5 Å². The van der Waals surface area contributed by atoms with Crippen LogP contribution in [0.1, 0.15) is 33.1 Å². The van der Waals surface area contributed by atoms with Crippen molar-refractivity contribution in [2.75, 3.05) is 13.2 Å². The number of hydrogen-bond donors (Lipinski definition) is 2. The Morgan fingerprint density at radius 3 is 2.65 bits per heavy atom. The summed E-state index contributed by atoms with van der Waals surface area (Å²) in [7, 11) is 0. The minimum atomic E-state index is -1.17. The highest BCUT2D eigenvalue weighted by Gasteiger charge is 2.30. The molecule has 1 saturated heterocycles. The molecule has 0 aromatic carbocycles. The molecule has 114 valence electrons. The first-order valence-electron chi connectivity index (χ1n) is 6.77. The van der Waals surface area contributed by atoms with Crippen LogP contribution in [-0.4, -0.2) is 48.3 Å². The van der Waals surface area contributed by atoms with Gasteiger partial charge in [0.15, 0.2) is 0 Å². The van der Waals surface area contributed by atoms with E-state index in [4.69, 9.17) is 14.6 Å². The first-order chi connectivity index (χ1) is 9.45. The van der Waals surface area contributed by atoms with Gasteiger partial charge in [-0.25, -0.2) is 4.79 Å². The van der Waals surface area contributed by atoms with Crippen LogP contribution in [0.4, 0.5) is 0 Å². The minimum absolute atomic E-state index is 0.00731. The summed E-state index contributed by atoms with van der Waals surface area (Å²) in [5.74, 6) is -2.68. The number of amides is 1. The Kier molecular flexibility index (Phi) is 6.44. The number of carbonyl (C=O) groups excluding carboxylic acids is 2. The van der Waals surface area contributed by atoms with Crippen LogP contribution in [0.5, 0.6) is 0 Å². The van der Waals surface area contributed by atoms with Crippen LogP contribution in [-0.2, 0) is 23.9 Å². The van der Waals surface area contributed by atoms with Crippen molar-refractivity contribution in [3.8, 4) is 0 Å². The van der Waals surface area contributed by atoms with Crippen molar-refractivity contribution in [1.29, 1.82) is 0 Å². The molecular formula is C13H21NO6. The third kappa shape index (κ3) is 4.80. The van der Waals surface area contributed by atoms with Gasteiger partial charge in [0.25, 0.3) is 0 Å². The maximum atomic E-state index is 11.8. The Hall–Kier alpha value is -1.63. The van der Waals surface area contributed by atoms with E-state index >= 15 is 0 Å². The maximum Gasteiger partial charge on any atom is 0.326 e. The van der Waals surface area contributed by atoms with E-state index in [0.717, 1.165) is 6.42 Å². The molecule has 3 atom stereocenters. The Morgan fingerprint density at radius 2 is 2.15 bits per heavy atom. The van der Waals surface area contributed by atoms with Gasteiger partial charge in [-0.2, -0.15) is 0 Å². The molecular weight excluding hydrogens is 266 g/mol. The predicted molar refractivity (Wildman–Crippen MR) is 69.0 cm³/mol. The molecule has 7 heteroatoms. The normalized spacial score (nSPS) is 21.0. The van der Waals surface area contributed by atoms with Crippen LogP contribution >= 0.6 is 0 Å². The minimum Gasteiger partial charge on any atom is -0.480 e.